The van der Waals surface area contributed by atoms with Gasteiger partial charge in [-0.2, -0.15) is 0 Å². The minimum Gasteiger partial charge on any atom is -0.481 e. The van der Waals surface area contributed by atoms with Gasteiger partial charge >= 0.3 is 5.97 Å². The van der Waals surface area contributed by atoms with Gasteiger partial charge in [-0.25, -0.2) is 4.39 Å². The molecule has 2 aliphatic rings. The molecule has 3 rings (SSSR count). The van der Waals surface area contributed by atoms with Crippen molar-refractivity contribution in [3.63, 3.8) is 0 Å². The molecule has 4 nitrogen and oxygen atoms in total. The molecule has 1 aromatic rings. The lowest BCUT2D eigenvalue weighted by Gasteiger charge is -2.23. The second-order valence-corrected chi connectivity index (χ2v) is 5.33. The maximum atomic E-state index is 12.8. The van der Waals surface area contributed by atoms with Gasteiger partial charge in [-0.15, -0.1) is 0 Å². The molecule has 2 bridgehead atoms. The van der Waals surface area contributed by atoms with Gasteiger partial charge in [0.25, 0.3) is 0 Å². The van der Waals surface area contributed by atoms with E-state index in [4.69, 9.17) is 0 Å². The van der Waals surface area contributed by atoms with E-state index in [-0.39, 0.29) is 23.6 Å². The maximum Gasteiger partial charge on any atom is 0.307 e. The third-order valence-corrected chi connectivity index (χ3v) is 4.16. The van der Waals surface area contributed by atoms with Gasteiger partial charge in [0.1, 0.15) is 5.82 Å². The Morgan fingerprint density at radius 2 is 1.70 bits per heavy atom. The third-order valence-electron chi connectivity index (χ3n) is 4.16. The molecular formula is C15H14FNO3. The van der Waals surface area contributed by atoms with Crippen molar-refractivity contribution >= 4 is 17.6 Å². The van der Waals surface area contributed by atoms with Gasteiger partial charge in [0.15, 0.2) is 0 Å². The highest BCUT2D eigenvalue weighted by Gasteiger charge is 2.51. The van der Waals surface area contributed by atoms with Gasteiger partial charge < -0.3 is 10.4 Å². The second-order valence-electron chi connectivity index (χ2n) is 5.33. The molecule has 104 valence electrons. The number of carboxylic acids is 1. The maximum absolute atomic E-state index is 12.8. The predicted octanol–water partition coefficient (Wildman–Crippen LogP) is 2.29. The van der Waals surface area contributed by atoms with Crippen molar-refractivity contribution in [3.05, 3.63) is 42.2 Å². The topological polar surface area (TPSA) is 66.4 Å². The van der Waals surface area contributed by atoms with Crippen LogP contribution in [0.1, 0.15) is 6.42 Å². The summed E-state index contributed by atoms with van der Waals surface area (Å²) >= 11 is 0. The highest BCUT2D eigenvalue weighted by Crippen LogP contribution is 2.48. The van der Waals surface area contributed by atoms with Crippen LogP contribution in [0.2, 0.25) is 0 Å². The fraction of sp³-hybridized carbons (Fsp3) is 0.333. The molecule has 20 heavy (non-hydrogen) atoms. The average molecular weight is 275 g/mol. The lowest BCUT2D eigenvalue weighted by molar-refractivity contribution is -0.146. The van der Waals surface area contributed by atoms with E-state index in [1.165, 1.54) is 24.3 Å². The molecule has 0 spiro atoms. The van der Waals surface area contributed by atoms with Gasteiger partial charge in [0.05, 0.1) is 11.8 Å². The van der Waals surface area contributed by atoms with Crippen molar-refractivity contribution in [2.75, 3.05) is 5.32 Å². The van der Waals surface area contributed by atoms with Crippen molar-refractivity contribution in [1.29, 1.82) is 0 Å². The number of nitrogens with one attached hydrogen (secondary N) is 1. The zero-order valence-corrected chi connectivity index (χ0v) is 10.6. The van der Waals surface area contributed by atoms with E-state index in [2.05, 4.69) is 5.32 Å². The number of rotatable bonds is 3. The molecular weight excluding hydrogens is 261 g/mol. The van der Waals surface area contributed by atoms with Crippen LogP contribution < -0.4 is 5.32 Å². The molecule has 0 aliphatic heterocycles. The van der Waals surface area contributed by atoms with Gasteiger partial charge in [0, 0.05) is 5.69 Å². The summed E-state index contributed by atoms with van der Waals surface area (Å²) in [7, 11) is 0. The zero-order valence-electron chi connectivity index (χ0n) is 10.6. The van der Waals surface area contributed by atoms with E-state index < -0.39 is 17.8 Å². The van der Waals surface area contributed by atoms with Crippen molar-refractivity contribution in [1.82, 2.24) is 0 Å². The number of aliphatic carboxylic acids is 1. The van der Waals surface area contributed by atoms with Crippen LogP contribution in [0.3, 0.4) is 0 Å². The molecule has 1 aromatic carbocycles. The standard InChI is InChI=1S/C15H14FNO3/c16-10-3-5-11(6-4-10)17-14(18)12-8-1-2-9(7-8)13(12)15(19)20/h1-6,8-9,12-13H,7H2,(H,17,18)(H,19,20)/t8-,9+,12+,13+/m0/s1. The number of carbonyl (C=O) groups is 2. The van der Waals surface area contributed by atoms with Crippen molar-refractivity contribution < 1.29 is 19.1 Å². The highest BCUT2D eigenvalue weighted by atomic mass is 19.1. The molecule has 1 saturated carbocycles. The lowest BCUT2D eigenvalue weighted by atomic mass is 9.82. The Morgan fingerprint density at radius 1 is 1.10 bits per heavy atom. The Kier molecular flexibility index (Phi) is 3.04. The Bertz CT molecular complexity index is 581. The number of amides is 1. The summed E-state index contributed by atoms with van der Waals surface area (Å²) in [5.74, 6) is -2.89. The zero-order chi connectivity index (χ0) is 14.3. The first-order chi connectivity index (χ1) is 9.56. The second kappa shape index (κ2) is 4.74. The van der Waals surface area contributed by atoms with Gasteiger partial charge in [0.2, 0.25) is 5.91 Å². The number of hydrogen-bond donors (Lipinski definition) is 2. The van der Waals surface area contributed by atoms with E-state index in [1.54, 1.807) is 0 Å². The number of halogens is 1. The first-order valence-corrected chi connectivity index (χ1v) is 6.54. The molecule has 2 aliphatic carbocycles. The molecule has 4 atom stereocenters. The van der Waals surface area contributed by atoms with Gasteiger partial charge in [-0.3, -0.25) is 9.59 Å². The van der Waals surface area contributed by atoms with E-state index in [0.29, 0.717) is 5.69 Å². The quantitative estimate of drug-likeness (QED) is 0.832. The fourth-order valence-corrected chi connectivity index (χ4v) is 3.28. The van der Waals surface area contributed by atoms with Crippen LogP contribution in [-0.2, 0) is 9.59 Å². The molecule has 1 amide bonds. The smallest absolute Gasteiger partial charge is 0.307 e. The third kappa shape index (κ3) is 2.09. The van der Waals surface area contributed by atoms with Crippen LogP contribution in [0.25, 0.3) is 0 Å². The monoisotopic (exact) mass is 275 g/mol. The molecule has 0 radical (unpaired) electrons. The number of hydrogen-bond acceptors (Lipinski definition) is 2. The number of allylic oxidation sites excluding steroid dienone is 2. The Morgan fingerprint density at radius 3 is 2.30 bits per heavy atom. The molecule has 0 aromatic heterocycles. The largest absolute Gasteiger partial charge is 0.481 e. The summed E-state index contributed by atoms with van der Waals surface area (Å²) in [4.78, 5) is 23.6. The Hall–Kier alpha value is -2.17. The average Bonchev–Trinajstić information content (AvgIpc) is 3.01. The molecule has 2 N–H and O–H groups in total. The minimum atomic E-state index is -0.930. The van der Waals surface area contributed by atoms with E-state index in [0.717, 1.165) is 6.42 Å². The Labute approximate surface area is 115 Å². The normalized spacial score (nSPS) is 30.4. The van der Waals surface area contributed by atoms with Crippen molar-refractivity contribution in [3.8, 4) is 0 Å². The summed E-state index contributed by atoms with van der Waals surface area (Å²) < 4.78 is 12.8. The lowest BCUT2D eigenvalue weighted by Crippen LogP contribution is -2.36. The summed E-state index contributed by atoms with van der Waals surface area (Å²) in [6.07, 6.45) is 4.54. The molecule has 0 saturated heterocycles. The van der Waals surface area contributed by atoms with Crippen LogP contribution in [0.5, 0.6) is 0 Å². The summed E-state index contributed by atoms with van der Waals surface area (Å²) in [6.45, 7) is 0. The Balaban J connectivity index is 1.78. The van der Waals surface area contributed by atoms with Crippen molar-refractivity contribution in [2.45, 2.75) is 6.42 Å². The van der Waals surface area contributed by atoms with E-state index >= 15 is 0 Å². The first-order valence-electron chi connectivity index (χ1n) is 6.54. The SMILES string of the molecule is O=C(O)[C@H]1[C@H](C(=O)Nc2ccc(F)cc2)[C@H]2C=C[C@@H]1C2. The summed E-state index contributed by atoms with van der Waals surface area (Å²) in [5, 5.41) is 12.0. The van der Waals surface area contributed by atoms with E-state index in [1.807, 2.05) is 12.2 Å². The first kappa shape index (κ1) is 12.8. The van der Waals surface area contributed by atoms with E-state index in [9.17, 15) is 19.1 Å². The van der Waals surface area contributed by atoms with Crippen LogP contribution in [0.4, 0.5) is 10.1 Å². The van der Waals surface area contributed by atoms with Gasteiger partial charge in [-0.1, -0.05) is 12.2 Å². The van der Waals surface area contributed by atoms with Crippen molar-refractivity contribution in [2.24, 2.45) is 23.7 Å². The number of carboxylic acid groups (broad SMARTS) is 1. The molecule has 0 heterocycles. The molecule has 5 heteroatoms. The fourth-order valence-electron chi connectivity index (χ4n) is 3.28. The van der Waals surface area contributed by atoms with Gasteiger partial charge in [-0.05, 0) is 42.5 Å². The highest BCUT2D eigenvalue weighted by molar-refractivity contribution is 5.96. The number of benzene rings is 1. The number of carbonyl (C=O) groups excluding carboxylic acids is 1. The van der Waals surface area contributed by atoms with Crippen LogP contribution >= 0.6 is 0 Å². The van der Waals surface area contributed by atoms with Crippen LogP contribution in [0, 0.1) is 29.5 Å². The van der Waals surface area contributed by atoms with Crippen LogP contribution in [0.15, 0.2) is 36.4 Å². The molecule has 0 unspecified atom stereocenters. The summed E-state index contributed by atoms with van der Waals surface area (Å²) in [6, 6.07) is 5.44. The van der Waals surface area contributed by atoms with Crippen LogP contribution in [-0.4, -0.2) is 17.0 Å². The number of anilines is 1. The minimum absolute atomic E-state index is 0.0125. The summed E-state index contributed by atoms with van der Waals surface area (Å²) in [5.41, 5.74) is 0.479. The number of fused-ring (bicyclic) bond motifs is 2. The predicted molar refractivity (Wildman–Crippen MR) is 70.4 cm³/mol. The molecule has 1 fully saturated rings.